The van der Waals surface area contributed by atoms with Gasteiger partial charge in [0, 0.05) is 5.69 Å². The number of nitrogens with zero attached hydrogens (tertiary/aromatic N) is 1. The SMILES string of the molecule is CCc1cccc(CC)c1NC(=O)CN1C(=O)NC(CC)(CC)C1=O. The lowest BCUT2D eigenvalue weighted by Crippen LogP contribution is -2.46. The van der Waals surface area contributed by atoms with Crippen LogP contribution >= 0.6 is 0 Å². The van der Waals surface area contributed by atoms with Crippen molar-refractivity contribution in [1.82, 2.24) is 10.2 Å². The Labute approximate surface area is 149 Å². The standard InChI is InChI=1S/C19H27N3O3/c1-5-13-10-9-11-14(6-2)16(13)20-15(23)12-22-17(24)19(7-3,8-4)21-18(22)25/h9-11H,5-8,12H2,1-4H3,(H,20,23)(H,21,25). The summed E-state index contributed by atoms with van der Waals surface area (Å²) in [5.41, 5.74) is 2.00. The van der Waals surface area contributed by atoms with Gasteiger partial charge in [0.05, 0.1) is 0 Å². The van der Waals surface area contributed by atoms with Gasteiger partial charge in [0.15, 0.2) is 0 Å². The maximum absolute atomic E-state index is 12.6. The molecule has 0 bridgehead atoms. The van der Waals surface area contributed by atoms with Crippen LogP contribution in [0, 0.1) is 0 Å². The number of carbonyl (C=O) groups excluding carboxylic acids is 3. The topological polar surface area (TPSA) is 78.5 Å². The quantitative estimate of drug-likeness (QED) is 0.746. The molecule has 0 aromatic heterocycles. The molecular weight excluding hydrogens is 318 g/mol. The average Bonchev–Trinajstić information content (AvgIpc) is 2.86. The Morgan fingerprint density at radius 1 is 1.08 bits per heavy atom. The van der Waals surface area contributed by atoms with Crippen LogP contribution in [-0.4, -0.2) is 34.8 Å². The number of para-hydroxylation sites is 1. The van der Waals surface area contributed by atoms with Crippen molar-refractivity contribution in [2.75, 3.05) is 11.9 Å². The zero-order chi connectivity index (χ0) is 18.6. The lowest BCUT2D eigenvalue weighted by atomic mass is 9.93. The van der Waals surface area contributed by atoms with Gasteiger partial charge in [-0.1, -0.05) is 45.9 Å². The Morgan fingerprint density at radius 2 is 1.64 bits per heavy atom. The maximum Gasteiger partial charge on any atom is 0.325 e. The predicted octanol–water partition coefficient (Wildman–Crippen LogP) is 2.86. The number of nitrogens with one attached hydrogen (secondary N) is 2. The molecule has 136 valence electrons. The maximum atomic E-state index is 12.6. The third-order valence-electron chi connectivity index (χ3n) is 5.02. The van der Waals surface area contributed by atoms with E-state index in [2.05, 4.69) is 10.6 Å². The molecule has 6 heteroatoms. The van der Waals surface area contributed by atoms with Crippen LogP contribution in [0.3, 0.4) is 0 Å². The molecule has 2 rings (SSSR count). The van der Waals surface area contributed by atoms with E-state index in [0.29, 0.717) is 12.8 Å². The molecule has 1 aromatic rings. The number of hydrogen-bond donors (Lipinski definition) is 2. The van der Waals surface area contributed by atoms with Gasteiger partial charge in [-0.15, -0.1) is 0 Å². The van der Waals surface area contributed by atoms with Gasteiger partial charge in [0.25, 0.3) is 5.91 Å². The lowest BCUT2D eigenvalue weighted by Gasteiger charge is -2.23. The molecular formula is C19H27N3O3. The van der Waals surface area contributed by atoms with Gasteiger partial charge < -0.3 is 10.6 Å². The monoisotopic (exact) mass is 345 g/mol. The Kier molecular flexibility index (Phi) is 5.82. The summed E-state index contributed by atoms with van der Waals surface area (Å²) in [7, 11) is 0. The van der Waals surface area contributed by atoms with Gasteiger partial charge in [-0.05, 0) is 36.8 Å². The normalized spacial score (nSPS) is 16.1. The highest BCUT2D eigenvalue weighted by Crippen LogP contribution is 2.26. The molecule has 1 aliphatic heterocycles. The Hall–Kier alpha value is -2.37. The number of amides is 4. The van der Waals surface area contributed by atoms with E-state index in [1.165, 1.54) is 0 Å². The molecule has 1 fully saturated rings. The first-order valence-corrected chi connectivity index (χ1v) is 8.97. The molecule has 2 N–H and O–H groups in total. The second kappa shape index (κ2) is 7.68. The van der Waals surface area contributed by atoms with Crippen LogP contribution in [0.2, 0.25) is 0 Å². The zero-order valence-corrected chi connectivity index (χ0v) is 15.4. The first-order chi connectivity index (χ1) is 11.9. The van der Waals surface area contributed by atoms with Crippen LogP contribution in [0.15, 0.2) is 18.2 Å². The summed E-state index contributed by atoms with van der Waals surface area (Å²) in [5, 5.41) is 5.64. The molecule has 0 radical (unpaired) electrons. The summed E-state index contributed by atoms with van der Waals surface area (Å²) in [4.78, 5) is 38.3. The summed E-state index contributed by atoms with van der Waals surface area (Å²) in [6, 6.07) is 5.42. The van der Waals surface area contributed by atoms with Crippen molar-refractivity contribution in [3.05, 3.63) is 29.3 Å². The Bertz CT molecular complexity index is 658. The molecule has 0 saturated carbocycles. The number of carbonyl (C=O) groups is 3. The molecule has 1 saturated heterocycles. The number of aryl methyl sites for hydroxylation is 2. The Morgan fingerprint density at radius 3 is 2.08 bits per heavy atom. The van der Waals surface area contributed by atoms with E-state index in [-0.39, 0.29) is 18.4 Å². The smallest absolute Gasteiger partial charge is 0.324 e. The van der Waals surface area contributed by atoms with Crippen molar-refractivity contribution < 1.29 is 14.4 Å². The highest BCUT2D eigenvalue weighted by Gasteiger charge is 2.49. The highest BCUT2D eigenvalue weighted by atomic mass is 16.2. The summed E-state index contributed by atoms with van der Waals surface area (Å²) in [6.07, 6.45) is 2.60. The second-order valence-electron chi connectivity index (χ2n) is 6.32. The van der Waals surface area contributed by atoms with Gasteiger partial charge in [-0.2, -0.15) is 0 Å². The molecule has 1 aliphatic rings. The van der Waals surface area contributed by atoms with E-state index in [1.807, 2.05) is 45.9 Å². The van der Waals surface area contributed by atoms with Gasteiger partial charge in [-0.25, -0.2) is 4.79 Å². The van der Waals surface area contributed by atoms with E-state index in [1.54, 1.807) is 0 Å². The van der Waals surface area contributed by atoms with Crippen molar-refractivity contribution in [2.24, 2.45) is 0 Å². The number of imide groups is 1. The summed E-state index contributed by atoms with van der Waals surface area (Å²) in [5.74, 6) is -0.681. The summed E-state index contributed by atoms with van der Waals surface area (Å²) < 4.78 is 0. The van der Waals surface area contributed by atoms with Gasteiger partial charge in [-0.3, -0.25) is 14.5 Å². The van der Waals surface area contributed by atoms with Crippen LogP contribution in [-0.2, 0) is 22.4 Å². The van der Waals surface area contributed by atoms with Crippen LogP contribution in [0.1, 0.15) is 51.7 Å². The molecule has 1 aromatic carbocycles. The average molecular weight is 345 g/mol. The molecule has 0 atom stereocenters. The van der Waals surface area contributed by atoms with Crippen molar-refractivity contribution in [3.63, 3.8) is 0 Å². The second-order valence-corrected chi connectivity index (χ2v) is 6.32. The van der Waals surface area contributed by atoms with E-state index in [4.69, 9.17) is 0 Å². The number of rotatable bonds is 7. The minimum Gasteiger partial charge on any atom is -0.324 e. The number of anilines is 1. The molecule has 4 amide bonds. The van der Waals surface area contributed by atoms with Crippen LogP contribution in [0.4, 0.5) is 10.5 Å². The summed E-state index contributed by atoms with van der Waals surface area (Å²) >= 11 is 0. The molecule has 0 unspecified atom stereocenters. The van der Waals surface area contributed by atoms with Crippen molar-refractivity contribution in [2.45, 2.75) is 58.9 Å². The zero-order valence-electron chi connectivity index (χ0n) is 15.4. The van der Waals surface area contributed by atoms with E-state index in [9.17, 15) is 14.4 Å². The van der Waals surface area contributed by atoms with Gasteiger partial charge in [0.1, 0.15) is 12.1 Å². The van der Waals surface area contributed by atoms with Crippen molar-refractivity contribution >= 4 is 23.5 Å². The third kappa shape index (κ3) is 3.52. The van der Waals surface area contributed by atoms with Crippen LogP contribution in [0.25, 0.3) is 0 Å². The van der Waals surface area contributed by atoms with Crippen molar-refractivity contribution in [3.8, 4) is 0 Å². The lowest BCUT2D eigenvalue weighted by molar-refractivity contribution is -0.134. The largest absolute Gasteiger partial charge is 0.325 e. The number of urea groups is 1. The van der Waals surface area contributed by atoms with Crippen LogP contribution < -0.4 is 10.6 Å². The Balaban J connectivity index is 2.16. The van der Waals surface area contributed by atoms with Crippen LogP contribution in [0.5, 0.6) is 0 Å². The first kappa shape index (κ1) is 19.0. The van der Waals surface area contributed by atoms with Gasteiger partial charge >= 0.3 is 6.03 Å². The number of benzene rings is 1. The first-order valence-electron chi connectivity index (χ1n) is 8.97. The molecule has 6 nitrogen and oxygen atoms in total. The van der Waals surface area contributed by atoms with E-state index >= 15 is 0 Å². The fraction of sp³-hybridized carbons (Fsp3) is 0.526. The summed E-state index contributed by atoms with van der Waals surface area (Å²) in [6.45, 7) is 7.50. The van der Waals surface area contributed by atoms with Crippen molar-refractivity contribution in [1.29, 1.82) is 0 Å². The predicted molar refractivity (Wildman–Crippen MR) is 97.4 cm³/mol. The third-order valence-corrected chi connectivity index (χ3v) is 5.02. The fourth-order valence-corrected chi connectivity index (χ4v) is 3.27. The molecule has 25 heavy (non-hydrogen) atoms. The fourth-order valence-electron chi connectivity index (χ4n) is 3.27. The number of hydrogen-bond acceptors (Lipinski definition) is 3. The van der Waals surface area contributed by atoms with E-state index in [0.717, 1.165) is 34.6 Å². The molecule has 1 heterocycles. The van der Waals surface area contributed by atoms with E-state index < -0.39 is 11.6 Å². The molecule has 0 aliphatic carbocycles. The minimum absolute atomic E-state index is 0.270. The van der Waals surface area contributed by atoms with Gasteiger partial charge in [0.2, 0.25) is 5.91 Å². The molecule has 0 spiro atoms. The minimum atomic E-state index is -0.882. The highest BCUT2D eigenvalue weighted by molar-refractivity contribution is 6.10.